The molecule has 1 aliphatic rings. The Morgan fingerprint density at radius 1 is 1.19 bits per heavy atom. The SMILES string of the molecule is CC(C)(C(=O)O)c1ccc(C2(N(COCC[Si](C)(C)C)[S+]([O-])C(C)(C)C)COC2)cc1. The lowest BCUT2D eigenvalue weighted by atomic mass is 9.81. The molecule has 176 valence electrons. The third-order valence-electron chi connectivity index (χ3n) is 5.77. The van der Waals surface area contributed by atoms with Crippen LogP contribution in [0, 0.1) is 0 Å². The molecule has 0 bridgehead atoms. The molecule has 1 heterocycles. The summed E-state index contributed by atoms with van der Waals surface area (Å²) >= 11 is -1.30. The van der Waals surface area contributed by atoms with Gasteiger partial charge in [0.25, 0.3) is 0 Å². The number of aliphatic carboxylic acids is 1. The molecule has 2 rings (SSSR count). The van der Waals surface area contributed by atoms with E-state index in [-0.39, 0.29) is 6.73 Å². The maximum Gasteiger partial charge on any atom is 0.313 e. The highest BCUT2D eigenvalue weighted by Gasteiger charge is 2.54. The molecule has 1 fully saturated rings. The minimum absolute atomic E-state index is 0.264. The van der Waals surface area contributed by atoms with E-state index in [1.54, 1.807) is 13.8 Å². The Labute approximate surface area is 191 Å². The summed E-state index contributed by atoms with van der Waals surface area (Å²) in [6, 6.07) is 8.64. The van der Waals surface area contributed by atoms with Gasteiger partial charge in [-0.2, -0.15) is 0 Å². The highest BCUT2D eigenvalue weighted by Crippen LogP contribution is 2.41. The average Bonchev–Trinajstić information content (AvgIpc) is 2.60. The van der Waals surface area contributed by atoms with Crippen molar-refractivity contribution in [1.82, 2.24) is 4.31 Å². The summed E-state index contributed by atoms with van der Waals surface area (Å²) in [5, 5.41) is 9.53. The number of carboxylic acid groups (broad SMARTS) is 1. The molecule has 0 spiro atoms. The Bertz CT molecular complexity index is 751. The Kier molecular flexibility index (Phi) is 8.10. The Hall–Kier alpha value is -0.903. The van der Waals surface area contributed by atoms with Gasteiger partial charge in [0, 0.05) is 26.0 Å². The zero-order valence-electron chi connectivity index (χ0n) is 20.3. The predicted molar refractivity (Wildman–Crippen MR) is 128 cm³/mol. The number of hydrogen-bond acceptors (Lipinski definition) is 5. The van der Waals surface area contributed by atoms with E-state index in [0.29, 0.717) is 19.8 Å². The van der Waals surface area contributed by atoms with Crippen molar-refractivity contribution in [3.63, 3.8) is 0 Å². The predicted octanol–water partition coefficient (Wildman–Crippen LogP) is 4.35. The highest BCUT2D eigenvalue weighted by molar-refractivity contribution is 7.90. The minimum Gasteiger partial charge on any atom is -0.597 e. The van der Waals surface area contributed by atoms with E-state index in [1.165, 1.54) is 0 Å². The van der Waals surface area contributed by atoms with Gasteiger partial charge in [-0.05, 0) is 51.8 Å². The number of carbonyl (C=O) groups is 1. The van der Waals surface area contributed by atoms with Crippen LogP contribution in [0.4, 0.5) is 0 Å². The number of hydrogen-bond donors (Lipinski definition) is 1. The summed E-state index contributed by atoms with van der Waals surface area (Å²) in [5.74, 6) is -0.867. The van der Waals surface area contributed by atoms with Crippen molar-refractivity contribution < 1.29 is 23.9 Å². The van der Waals surface area contributed by atoms with E-state index in [0.717, 1.165) is 17.2 Å². The van der Waals surface area contributed by atoms with E-state index < -0.39 is 41.1 Å². The van der Waals surface area contributed by atoms with Crippen molar-refractivity contribution in [2.24, 2.45) is 0 Å². The lowest BCUT2D eigenvalue weighted by molar-refractivity contribution is -0.142. The lowest BCUT2D eigenvalue weighted by Gasteiger charge is -2.50. The van der Waals surface area contributed by atoms with Crippen molar-refractivity contribution in [3.05, 3.63) is 35.4 Å². The Morgan fingerprint density at radius 3 is 2.13 bits per heavy atom. The van der Waals surface area contributed by atoms with Gasteiger partial charge in [-0.3, -0.25) is 4.79 Å². The molecule has 8 heteroatoms. The van der Waals surface area contributed by atoms with Crippen molar-refractivity contribution in [3.8, 4) is 0 Å². The first-order valence-corrected chi connectivity index (χ1v) is 15.6. The molecule has 1 aliphatic heterocycles. The van der Waals surface area contributed by atoms with Crippen LogP contribution in [0.15, 0.2) is 24.3 Å². The normalized spacial score (nSPS) is 18.0. The van der Waals surface area contributed by atoms with Crippen LogP contribution in [0.25, 0.3) is 0 Å². The van der Waals surface area contributed by atoms with Gasteiger partial charge >= 0.3 is 5.97 Å². The fraction of sp³-hybridized carbons (Fsp3) is 0.696. The van der Waals surface area contributed by atoms with Crippen LogP contribution in [0.5, 0.6) is 0 Å². The summed E-state index contributed by atoms with van der Waals surface area (Å²) in [6.45, 7) is 18.0. The maximum absolute atomic E-state index is 13.5. The smallest absolute Gasteiger partial charge is 0.313 e. The van der Waals surface area contributed by atoms with Gasteiger partial charge in [0.2, 0.25) is 0 Å². The van der Waals surface area contributed by atoms with E-state index in [2.05, 4.69) is 19.6 Å². The largest absolute Gasteiger partial charge is 0.597 e. The molecule has 0 amide bonds. The lowest BCUT2D eigenvalue weighted by Crippen LogP contribution is -2.64. The minimum atomic E-state index is -1.30. The molecule has 1 atom stereocenters. The zero-order valence-corrected chi connectivity index (χ0v) is 22.1. The molecule has 0 saturated carbocycles. The van der Waals surface area contributed by atoms with E-state index in [1.807, 2.05) is 49.3 Å². The molecule has 1 aromatic carbocycles. The van der Waals surface area contributed by atoms with Crippen LogP contribution in [0.1, 0.15) is 45.7 Å². The number of benzene rings is 1. The second-order valence-corrected chi connectivity index (χ2v) is 18.9. The molecule has 1 unspecified atom stereocenters. The van der Waals surface area contributed by atoms with Crippen LogP contribution in [0.2, 0.25) is 25.7 Å². The Morgan fingerprint density at radius 2 is 1.74 bits per heavy atom. The van der Waals surface area contributed by atoms with Gasteiger partial charge in [0.15, 0.2) is 0 Å². The summed E-state index contributed by atoms with van der Waals surface area (Å²) in [4.78, 5) is 11.6. The molecule has 0 aliphatic carbocycles. The summed E-state index contributed by atoms with van der Waals surface area (Å²) < 4.78 is 26.6. The monoisotopic (exact) mass is 469 g/mol. The first-order chi connectivity index (χ1) is 14.1. The van der Waals surface area contributed by atoms with Gasteiger partial charge in [0.1, 0.15) is 17.0 Å². The van der Waals surface area contributed by atoms with Gasteiger partial charge in [-0.1, -0.05) is 48.2 Å². The summed E-state index contributed by atoms with van der Waals surface area (Å²) in [7, 11) is -1.22. The number of ether oxygens (including phenoxy) is 2. The molecule has 0 radical (unpaired) electrons. The van der Waals surface area contributed by atoms with E-state index >= 15 is 0 Å². The molecule has 6 nitrogen and oxygen atoms in total. The van der Waals surface area contributed by atoms with Crippen LogP contribution in [0.3, 0.4) is 0 Å². The topological polar surface area (TPSA) is 82.1 Å². The molecule has 1 saturated heterocycles. The van der Waals surface area contributed by atoms with Crippen LogP contribution >= 0.6 is 0 Å². The van der Waals surface area contributed by atoms with Gasteiger partial charge in [0.05, 0.1) is 18.6 Å². The van der Waals surface area contributed by atoms with E-state index in [4.69, 9.17) is 9.47 Å². The van der Waals surface area contributed by atoms with Crippen molar-refractivity contribution in [2.45, 2.75) is 76.0 Å². The van der Waals surface area contributed by atoms with Gasteiger partial charge in [-0.25, -0.2) is 0 Å². The summed E-state index contributed by atoms with van der Waals surface area (Å²) in [5.41, 5.74) is 0.169. The average molecular weight is 470 g/mol. The molecular weight excluding hydrogens is 430 g/mol. The third-order valence-corrected chi connectivity index (χ3v) is 9.37. The fourth-order valence-electron chi connectivity index (χ4n) is 3.26. The number of carboxylic acids is 1. The van der Waals surface area contributed by atoms with Crippen LogP contribution in [-0.2, 0) is 36.6 Å². The van der Waals surface area contributed by atoms with Crippen molar-refractivity contribution in [1.29, 1.82) is 0 Å². The molecule has 0 aromatic heterocycles. The van der Waals surface area contributed by atoms with E-state index in [9.17, 15) is 14.5 Å². The number of rotatable bonds is 10. The highest BCUT2D eigenvalue weighted by atomic mass is 32.2. The van der Waals surface area contributed by atoms with Crippen molar-refractivity contribution in [2.75, 3.05) is 26.6 Å². The maximum atomic E-state index is 13.5. The fourth-order valence-corrected chi connectivity index (χ4v) is 5.37. The molecule has 31 heavy (non-hydrogen) atoms. The zero-order chi connectivity index (χ0) is 23.7. The second-order valence-electron chi connectivity index (χ2n) is 11.1. The van der Waals surface area contributed by atoms with Gasteiger partial charge in [-0.15, -0.1) is 0 Å². The molecular formula is C23H39NO5SSi. The van der Waals surface area contributed by atoms with Crippen molar-refractivity contribution >= 4 is 25.4 Å². The standard InChI is InChI=1S/C23H39NO5SSi/c1-21(2,3)30(27)24(17-28-13-14-31(6,7)8)23(15-29-16-23)19-11-9-18(10-12-19)22(4,5)20(25)26/h9-12H,13-17H2,1-8H3,(H,25,26). The summed E-state index contributed by atoms with van der Waals surface area (Å²) in [6.07, 6.45) is 0. The second kappa shape index (κ2) is 9.53. The quantitative estimate of drug-likeness (QED) is 0.237. The number of nitrogens with zero attached hydrogens (tertiary/aromatic N) is 1. The molecule has 1 aromatic rings. The van der Waals surface area contributed by atoms with Crippen LogP contribution in [-0.4, -0.2) is 59.3 Å². The molecule has 1 N–H and O–H groups in total. The first kappa shape index (κ1) is 26.4. The third kappa shape index (κ3) is 6.12. The van der Waals surface area contributed by atoms with Crippen LogP contribution < -0.4 is 0 Å². The van der Waals surface area contributed by atoms with Gasteiger partial charge < -0.3 is 19.1 Å². The Balaban J connectivity index is 2.32. The first-order valence-electron chi connectivity index (χ1n) is 10.8.